The second kappa shape index (κ2) is 55.4. The van der Waals surface area contributed by atoms with Gasteiger partial charge in [-0.1, -0.05) is 72.8 Å². The minimum Gasteiger partial charge on any atom is -0.481 e. The van der Waals surface area contributed by atoms with Crippen LogP contribution in [0.1, 0.15) is 22.3 Å². The van der Waals surface area contributed by atoms with Gasteiger partial charge in [-0.2, -0.15) is 9.59 Å². The Kier molecular flexibility index (Phi) is 60.2. The summed E-state index contributed by atoms with van der Waals surface area (Å²) in [5.74, 6) is -6.13. The van der Waals surface area contributed by atoms with E-state index in [-0.39, 0.29) is 42.5 Å². The lowest BCUT2D eigenvalue weighted by Crippen LogP contribution is -2.32. The number of H-pyrrole nitrogens is 4. The van der Waals surface area contributed by atoms with Crippen LogP contribution >= 0.6 is 0 Å². The lowest BCUT2D eigenvalue weighted by molar-refractivity contribution is -0.191. The van der Waals surface area contributed by atoms with Gasteiger partial charge >= 0.3 is 30.0 Å². The molecule has 0 aliphatic rings. The number of carboxylic acids is 4. The normalized spacial score (nSPS) is 8.66. The topological polar surface area (TPSA) is 716 Å². The monoisotopic (exact) mass is 1150 g/mol. The first-order chi connectivity index (χ1) is 37.2. The Balaban J connectivity index is -0.000000129. The quantitative estimate of drug-likeness (QED) is 0.0497. The van der Waals surface area contributed by atoms with E-state index in [0.717, 1.165) is 65.9 Å². The van der Waals surface area contributed by atoms with E-state index in [2.05, 4.69) is 19.9 Å². The third-order valence-corrected chi connectivity index (χ3v) is 8.98. The molecule has 29 N–H and O–H groups in total. The zero-order valence-corrected chi connectivity index (χ0v) is 40.8. The molecule has 0 bridgehead atoms. The highest BCUT2D eigenvalue weighted by atomic mass is 17.0. The number of ketones is 2. The number of hydrogen-bond donors (Lipinski definition) is 22. The number of aromatic nitrogens is 4. The van der Waals surface area contributed by atoms with Gasteiger partial charge in [0.25, 0.3) is 0 Å². The van der Waals surface area contributed by atoms with Crippen molar-refractivity contribution in [1.29, 1.82) is 0 Å². The maximum atomic E-state index is 11.0. The highest BCUT2D eigenvalue weighted by molar-refractivity contribution is 6.33. The average molecular weight is 1150 g/mol. The Morgan fingerprint density at radius 2 is 0.625 bits per heavy atom. The Bertz CT molecular complexity index is 2810. The van der Waals surface area contributed by atoms with Crippen molar-refractivity contribution in [3.63, 3.8) is 0 Å². The molecular weight excluding hydrogens is 1090 g/mol. The van der Waals surface area contributed by atoms with Crippen molar-refractivity contribution in [2.24, 2.45) is 5.73 Å². The largest absolute Gasteiger partial charge is 0.481 e. The Hall–Kier alpha value is -9.80. The van der Waals surface area contributed by atoms with Crippen LogP contribution in [0, 0.1) is 19.9 Å². The van der Waals surface area contributed by atoms with Gasteiger partial charge in [0.1, 0.15) is 6.04 Å². The number of carbonyl (C=O) groups excluding carboxylic acids is 4. The molecule has 444 valence electrons. The van der Waals surface area contributed by atoms with Crippen molar-refractivity contribution in [2.45, 2.75) is 31.7 Å². The van der Waals surface area contributed by atoms with E-state index in [0.29, 0.717) is 6.42 Å². The van der Waals surface area contributed by atoms with Crippen LogP contribution in [0.15, 0.2) is 122 Å². The number of aliphatic carboxylic acids is 4. The van der Waals surface area contributed by atoms with Gasteiger partial charge in [0.2, 0.25) is 11.6 Å². The fraction of sp³-hybridized carbons (Fsp3) is 0.114. The molecule has 0 aliphatic carbocycles. The van der Waals surface area contributed by atoms with Crippen LogP contribution in [0.5, 0.6) is 0 Å². The molecule has 4 aromatic heterocycles. The Morgan fingerprint density at radius 3 is 0.850 bits per heavy atom. The van der Waals surface area contributed by atoms with Crippen molar-refractivity contribution in [3.05, 3.63) is 164 Å². The number of nitrogens with one attached hydrogen (secondary N) is 4. The molecule has 0 spiro atoms. The summed E-state index contributed by atoms with van der Waals surface area (Å²) < 4.78 is 0. The summed E-state index contributed by atoms with van der Waals surface area (Å²) in [6, 6.07) is 29.5. The summed E-state index contributed by atoms with van der Waals surface area (Å²) in [4.78, 5) is 120. The molecule has 0 fully saturated rings. The van der Waals surface area contributed by atoms with Crippen LogP contribution in [0.25, 0.3) is 43.6 Å². The molecule has 80 heavy (non-hydrogen) atoms. The lowest BCUT2D eigenvalue weighted by Gasteiger charge is -2.04. The first-order valence-corrected chi connectivity index (χ1v) is 19.7. The van der Waals surface area contributed by atoms with Gasteiger partial charge in [0, 0.05) is 108 Å². The number of aromatic amines is 4. The van der Waals surface area contributed by atoms with Crippen LogP contribution in [-0.2, 0) is 64.0 Å². The highest BCUT2D eigenvalue weighted by Crippen LogP contribution is 2.21. The second-order valence-electron chi connectivity index (χ2n) is 13.1. The highest BCUT2D eigenvalue weighted by Gasteiger charge is 2.16. The number of Topliss-reactive ketones (excluding diaryl/α,β-unsaturated/α-hetero) is 2. The van der Waals surface area contributed by atoms with Gasteiger partial charge < -0.3 is 63.2 Å². The summed E-state index contributed by atoms with van der Waals surface area (Å²) in [5.41, 5.74) is 12.5. The van der Waals surface area contributed by atoms with E-state index in [4.69, 9.17) is 119 Å². The van der Waals surface area contributed by atoms with E-state index < -0.39 is 41.5 Å². The van der Waals surface area contributed by atoms with Crippen molar-refractivity contribution >= 4 is 85.2 Å². The van der Waals surface area contributed by atoms with Crippen LogP contribution < -0.4 is 11.9 Å². The number of para-hydroxylation sites is 4. The lowest BCUT2D eigenvalue weighted by atomic mass is 10.1. The fourth-order valence-electron chi connectivity index (χ4n) is 6.12. The average Bonchev–Trinajstić information content (AvgIpc) is 4.30. The van der Waals surface area contributed by atoms with Crippen LogP contribution in [0.4, 0.5) is 0 Å². The predicted octanol–water partition coefficient (Wildman–Crippen LogP) is 3.81. The van der Waals surface area contributed by atoms with Crippen LogP contribution in [0.3, 0.4) is 0 Å². The molecular formula is C44H58N6O30. The maximum absolute atomic E-state index is 11.0. The molecule has 0 saturated heterocycles. The van der Waals surface area contributed by atoms with Crippen molar-refractivity contribution in [2.75, 3.05) is 0 Å². The molecule has 0 amide bonds. The molecule has 4 heterocycles. The number of fused-ring (bicyclic) bond motifs is 4. The minimum atomic E-state index is -1.39. The van der Waals surface area contributed by atoms with E-state index >= 15 is 0 Å². The number of rotatable bonds is 11. The minimum absolute atomic E-state index is 0. The predicted molar refractivity (Wildman–Crippen MR) is 279 cm³/mol. The fourth-order valence-corrected chi connectivity index (χ4v) is 6.12. The smallest absolute Gasteiger partial charge is 0.373 e. The van der Waals surface area contributed by atoms with Gasteiger partial charge in [-0.25, -0.2) is 9.59 Å². The molecule has 1 unspecified atom stereocenters. The molecule has 0 saturated carbocycles. The summed E-state index contributed by atoms with van der Waals surface area (Å²) in [6.45, 7) is 0. The van der Waals surface area contributed by atoms with Crippen molar-refractivity contribution in [1.82, 2.24) is 26.1 Å². The molecule has 8 rings (SSSR count). The maximum Gasteiger partial charge on any atom is 0.373 e. The second-order valence-corrected chi connectivity index (χ2v) is 13.1. The Labute approximate surface area is 444 Å². The summed E-state index contributed by atoms with van der Waals surface area (Å²) >= 11 is 0. The van der Waals surface area contributed by atoms with Gasteiger partial charge in [-0.05, 0) is 46.5 Å². The zero-order valence-electron chi connectivity index (χ0n) is 40.8. The first-order valence-electron chi connectivity index (χ1n) is 19.7. The number of carbonyl (C=O) groups is 6. The van der Waals surface area contributed by atoms with E-state index in [1.807, 2.05) is 103 Å². The molecule has 0 aliphatic heterocycles. The number of hydrogen-bond acceptors (Lipinski definition) is 26. The van der Waals surface area contributed by atoms with Gasteiger partial charge in [-0.3, -0.25) is 82.3 Å². The van der Waals surface area contributed by atoms with Crippen LogP contribution in [0.2, 0.25) is 0 Å². The van der Waals surface area contributed by atoms with Crippen molar-refractivity contribution in [3.8, 4) is 0 Å². The van der Waals surface area contributed by atoms with Crippen molar-refractivity contribution < 1.29 is 133 Å². The molecule has 1 atom stereocenters. The third-order valence-electron chi connectivity index (χ3n) is 8.98. The van der Waals surface area contributed by atoms with Gasteiger partial charge in [0.15, 0.2) is 0 Å². The zero-order chi connectivity index (χ0) is 60.5. The Morgan fingerprint density at radius 1 is 0.412 bits per heavy atom. The van der Waals surface area contributed by atoms with Gasteiger partial charge in [-0.15, -0.1) is 0 Å². The van der Waals surface area contributed by atoms with Crippen LogP contribution in [-0.4, -0.2) is 162 Å². The number of carboxylic acid groups (broad SMARTS) is 4. The third kappa shape index (κ3) is 31.9. The molecule has 0 radical (unpaired) electrons. The summed E-state index contributed by atoms with van der Waals surface area (Å²) in [6.07, 6.45) is 7.44. The summed E-state index contributed by atoms with van der Waals surface area (Å²) in [5, 5.41) is 110. The summed E-state index contributed by atoms with van der Waals surface area (Å²) in [7, 11) is 0. The van der Waals surface area contributed by atoms with E-state index in [1.165, 1.54) is 0 Å². The molecule has 8 aromatic rings. The standard InChI is InChI=1S/C11H12N2O2.2C11H9NO3.C10H9NO2.CO2.H3N.6H2O2.2O2.2H2O/c12-9(11(14)15)5-7-6-13-10-4-2-1-3-8(7)10;2*13-10(11(14)15)5-7-6-12-9-4-2-1-3-8(7)9;12-10(13)5-7-6-11-9-4-2-1-3-8(7)9;2-1-3;;8*1-2;;/h1-4,6,9,13H,5,12H2,(H,14,15);2*1-4,6,12H,5H2,(H,14,15);1-4,6,11H,5H2,(H,12,13);;1H3;6*1-2H;;;2*1H2. The van der Waals surface area contributed by atoms with E-state index in [9.17, 15) is 28.8 Å². The van der Waals surface area contributed by atoms with Gasteiger partial charge in [0.05, 0.1) is 6.42 Å². The van der Waals surface area contributed by atoms with E-state index in [1.54, 1.807) is 18.6 Å². The number of nitrogens with two attached hydrogens (primary N) is 1. The number of benzene rings is 4. The SMILES string of the molecule is N.NC(Cc1c[nH]c2ccccc12)C(=O)O.O.O.O=C(O)C(=O)Cc1c[nH]c2ccccc12.O=C(O)C(=O)Cc1c[nH]c2ccccc12.O=C(O)Cc1c[nH]c2ccccc12.O=C=O.O=O.O=O.OO.OO.OO.OO.OO.OO. The molecule has 36 heteroatoms. The first kappa shape index (κ1) is 86.9. The molecule has 36 nitrogen and oxygen atoms in total. The molecule has 4 aromatic carbocycles.